The molecule has 2 aromatic carbocycles. The third kappa shape index (κ3) is 18.2. The van der Waals surface area contributed by atoms with Crippen LogP contribution >= 0.6 is 0 Å². The highest BCUT2D eigenvalue weighted by molar-refractivity contribution is 5.98. The summed E-state index contributed by atoms with van der Waals surface area (Å²) < 4.78 is 0. The lowest BCUT2D eigenvalue weighted by molar-refractivity contribution is -0.146. The van der Waals surface area contributed by atoms with E-state index in [1.54, 1.807) is 36.5 Å². The Labute approximate surface area is 452 Å². The van der Waals surface area contributed by atoms with E-state index in [0.29, 0.717) is 17.7 Å². The number of carbonyl (C=O) groups is 11. The molecule has 2 aromatic heterocycles. The van der Waals surface area contributed by atoms with E-state index in [0.717, 1.165) is 23.4 Å². The molecule has 3 heterocycles. The standard InChI is InChI=1S/C51H68N14O14/c1-26(66)42(63-41(70)24-57-45(72)34(14-16-39(53)68)59-44(71)32(52)20-29-22-56-33-12-7-6-11-31(29)33)49(76)61-36(21-30-23-55-25-58-30)47(74)62-37(19-28-9-4-3-5-10-28)50(77)65-18-8-13-38(65)48(75)60-35(15-17-40(54)69)46(73)64-43(27(2)67)51(78)79/h3-7,9-12,22-23,25-27,32,34-38,42-43,56,66-67H,8,13-21,24,52H2,1-2H3,(H2,53,68)(H2,54,69)(H,55,58)(H,57,72)(H,59,71)(H,60,75)(H,61,76)(H,62,74)(H,63,70)(H,64,73)(H,78,79)/t26-,27-,32+,34+,35+,36+,37+,38+,42+,43+/m1/s1. The maximum Gasteiger partial charge on any atom is 0.328 e. The topological polar surface area (TPSA) is 458 Å². The molecule has 1 fully saturated rings. The van der Waals surface area contributed by atoms with Crippen LogP contribution in [0.4, 0.5) is 0 Å². The molecule has 79 heavy (non-hydrogen) atoms. The Balaban J connectivity index is 1.28. The fraction of sp³-hybridized carbons (Fsp3) is 0.451. The fourth-order valence-electron chi connectivity index (χ4n) is 8.76. The number of aliphatic hydroxyl groups is 2. The van der Waals surface area contributed by atoms with Crippen molar-refractivity contribution >= 4 is 75.9 Å². The van der Waals surface area contributed by atoms with Crippen molar-refractivity contribution in [3.63, 3.8) is 0 Å². The molecule has 18 N–H and O–H groups in total. The van der Waals surface area contributed by atoms with Crippen LogP contribution in [0.25, 0.3) is 10.9 Å². The second kappa shape index (κ2) is 29.1. The number of likely N-dealkylation sites (tertiary alicyclic amines) is 1. The number of para-hydroxylation sites is 1. The second-order valence-corrected chi connectivity index (χ2v) is 19.2. The van der Waals surface area contributed by atoms with Crippen molar-refractivity contribution in [2.45, 2.75) is 132 Å². The first-order valence-corrected chi connectivity index (χ1v) is 25.4. The molecule has 0 radical (unpaired) electrons. The van der Waals surface area contributed by atoms with Gasteiger partial charge in [0.25, 0.3) is 0 Å². The minimum atomic E-state index is -1.77. The summed E-state index contributed by atoms with van der Waals surface area (Å²) in [5.41, 5.74) is 19.3. The van der Waals surface area contributed by atoms with E-state index in [-0.39, 0.29) is 51.5 Å². The van der Waals surface area contributed by atoms with Crippen LogP contribution in [0.2, 0.25) is 0 Å². The first kappa shape index (κ1) is 61.1. The van der Waals surface area contributed by atoms with Crippen LogP contribution in [0.5, 0.6) is 0 Å². The largest absolute Gasteiger partial charge is 0.480 e. The van der Waals surface area contributed by atoms with Gasteiger partial charge in [0.05, 0.1) is 31.1 Å². The number of hydrogen-bond acceptors (Lipinski definition) is 15. The molecule has 426 valence electrons. The number of imidazole rings is 1. The number of benzene rings is 2. The summed E-state index contributed by atoms with van der Waals surface area (Å²) in [6.45, 7) is 1.51. The molecular formula is C51H68N14O14. The first-order valence-electron chi connectivity index (χ1n) is 25.4. The Morgan fingerprint density at radius 3 is 1.91 bits per heavy atom. The maximum absolute atomic E-state index is 14.6. The van der Waals surface area contributed by atoms with Gasteiger partial charge < -0.3 is 84.6 Å². The summed E-state index contributed by atoms with van der Waals surface area (Å²) in [7, 11) is 0. The van der Waals surface area contributed by atoms with Gasteiger partial charge in [-0.3, -0.25) is 47.9 Å². The number of rotatable bonds is 30. The van der Waals surface area contributed by atoms with Gasteiger partial charge in [-0.25, -0.2) is 9.78 Å². The zero-order chi connectivity index (χ0) is 57.9. The number of amides is 10. The number of nitrogens with two attached hydrogens (primary N) is 3. The van der Waals surface area contributed by atoms with E-state index >= 15 is 0 Å². The molecule has 0 unspecified atom stereocenters. The van der Waals surface area contributed by atoms with Crippen LogP contribution in [0, 0.1) is 0 Å². The van der Waals surface area contributed by atoms with Crippen LogP contribution in [-0.4, -0.2) is 174 Å². The minimum absolute atomic E-state index is 0.00715. The molecule has 28 heteroatoms. The highest BCUT2D eigenvalue weighted by atomic mass is 16.4. The van der Waals surface area contributed by atoms with Crippen molar-refractivity contribution in [1.29, 1.82) is 0 Å². The monoisotopic (exact) mass is 1100 g/mol. The van der Waals surface area contributed by atoms with E-state index in [1.807, 2.05) is 24.3 Å². The number of primary amides is 2. The third-order valence-electron chi connectivity index (χ3n) is 13.0. The Hall–Kier alpha value is -8.76. The average molecular weight is 1100 g/mol. The van der Waals surface area contributed by atoms with E-state index in [1.165, 1.54) is 24.3 Å². The molecule has 28 nitrogen and oxygen atoms in total. The molecule has 0 saturated carbocycles. The molecule has 0 aliphatic carbocycles. The van der Waals surface area contributed by atoms with Crippen LogP contribution in [0.3, 0.4) is 0 Å². The number of aliphatic carboxylic acids is 1. The fourth-order valence-corrected chi connectivity index (χ4v) is 8.76. The van der Waals surface area contributed by atoms with Gasteiger partial charge >= 0.3 is 5.97 Å². The normalized spacial score (nSPS) is 16.5. The van der Waals surface area contributed by atoms with Gasteiger partial charge in [-0.05, 0) is 63.1 Å². The summed E-state index contributed by atoms with van der Waals surface area (Å²) in [5.74, 6) is -10.5. The molecule has 0 spiro atoms. The van der Waals surface area contributed by atoms with Crippen LogP contribution < -0.4 is 54.4 Å². The van der Waals surface area contributed by atoms with E-state index in [9.17, 15) is 68.1 Å². The number of fused-ring (bicyclic) bond motifs is 1. The van der Waals surface area contributed by atoms with Gasteiger partial charge in [0.2, 0.25) is 59.1 Å². The molecule has 0 bridgehead atoms. The Morgan fingerprint density at radius 1 is 0.684 bits per heavy atom. The van der Waals surface area contributed by atoms with Crippen molar-refractivity contribution in [2.24, 2.45) is 17.2 Å². The van der Waals surface area contributed by atoms with Crippen molar-refractivity contribution in [1.82, 2.24) is 57.1 Å². The Kier molecular flexibility index (Phi) is 22.5. The van der Waals surface area contributed by atoms with E-state index in [4.69, 9.17) is 17.2 Å². The Bertz CT molecular complexity index is 2810. The zero-order valence-corrected chi connectivity index (χ0v) is 43.4. The number of aliphatic hydroxyl groups excluding tert-OH is 2. The number of carbonyl (C=O) groups excluding carboxylic acids is 10. The number of nitrogens with zero attached hydrogens (tertiary/aromatic N) is 2. The predicted molar refractivity (Wildman–Crippen MR) is 280 cm³/mol. The number of carboxylic acid groups (broad SMARTS) is 1. The SMILES string of the molecule is C[C@@H](O)[C@H](NC(=O)[C@H](CCC(N)=O)NC(=O)[C@@H]1CCCN1C(=O)[C@H](Cc1ccccc1)NC(=O)[C@H](Cc1cnc[nH]1)NC(=O)[C@@H](NC(=O)CNC(=O)[C@H](CCC(N)=O)NC(=O)[C@@H](N)Cc1c[nH]c2ccccc12)[C@@H](C)O)C(=O)O. The van der Waals surface area contributed by atoms with Crippen molar-refractivity contribution in [2.75, 3.05) is 13.1 Å². The van der Waals surface area contributed by atoms with Crippen LogP contribution in [0.1, 0.15) is 69.2 Å². The second-order valence-electron chi connectivity index (χ2n) is 19.2. The van der Waals surface area contributed by atoms with Crippen molar-refractivity contribution in [3.05, 3.63) is 90.1 Å². The summed E-state index contributed by atoms with van der Waals surface area (Å²) in [4.78, 5) is 157. The molecule has 10 atom stereocenters. The minimum Gasteiger partial charge on any atom is -0.480 e. The number of hydrogen-bond donors (Lipinski definition) is 15. The lowest BCUT2D eigenvalue weighted by Crippen LogP contribution is -2.61. The lowest BCUT2D eigenvalue weighted by atomic mass is 10.0. The highest BCUT2D eigenvalue weighted by Gasteiger charge is 2.41. The van der Waals surface area contributed by atoms with Gasteiger partial charge in [-0.2, -0.15) is 0 Å². The zero-order valence-electron chi connectivity index (χ0n) is 43.4. The Morgan fingerprint density at radius 2 is 1.29 bits per heavy atom. The van der Waals surface area contributed by atoms with E-state index < -0.39 is 139 Å². The first-order chi connectivity index (χ1) is 37.5. The highest BCUT2D eigenvalue weighted by Crippen LogP contribution is 2.22. The molecule has 1 aliphatic heterocycles. The molecule has 4 aromatic rings. The van der Waals surface area contributed by atoms with Gasteiger partial charge in [0.1, 0.15) is 36.3 Å². The molecule has 1 saturated heterocycles. The predicted octanol–water partition coefficient (Wildman–Crippen LogP) is -4.36. The number of aromatic amines is 2. The van der Waals surface area contributed by atoms with Crippen LogP contribution in [-0.2, 0) is 72.0 Å². The van der Waals surface area contributed by atoms with E-state index in [2.05, 4.69) is 52.2 Å². The van der Waals surface area contributed by atoms with Gasteiger partial charge in [0, 0.05) is 61.2 Å². The molecule has 5 rings (SSSR count). The summed E-state index contributed by atoms with van der Waals surface area (Å²) in [6.07, 6.45) is -0.0840. The molecular weight excluding hydrogens is 1030 g/mol. The van der Waals surface area contributed by atoms with Gasteiger partial charge in [0.15, 0.2) is 6.04 Å². The smallest absolute Gasteiger partial charge is 0.328 e. The van der Waals surface area contributed by atoms with Crippen molar-refractivity contribution in [3.8, 4) is 0 Å². The number of carboxylic acids is 1. The van der Waals surface area contributed by atoms with Crippen LogP contribution in [0.15, 0.2) is 73.3 Å². The summed E-state index contributed by atoms with van der Waals surface area (Å²) >= 11 is 0. The lowest BCUT2D eigenvalue weighted by Gasteiger charge is -2.31. The van der Waals surface area contributed by atoms with Gasteiger partial charge in [-0.1, -0.05) is 48.5 Å². The summed E-state index contributed by atoms with van der Waals surface area (Å²) in [6, 6.07) is 4.07. The molecule has 10 amide bonds. The number of nitrogens with one attached hydrogen (secondary N) is 9. The molecule has 1 aliphatic rings. The average Bonchev–Trinajstić information content (AvgIpc) is 4.25. The number of aromatic nitrogens is 3. The maximum atomic E-state index is 14.6. The van der Waals surface area contributed by atoms with Crippen molar-refractivity contribution < 1.29 is 68.1 Å². The quantitative estimate of drug-likeness (QED) is 0.0235. The third-order valence-corrected chi connectivity index (χ3v) is 13.0. The van der Waals surface area contributed by atoms with Gasteiger partial charge in [-0.15, -0.1) is 0 Å². The number of H-pyrrole nitrogens is 2. The summed E-state index contributed by atoms with van der Waals surface area (Å²) in [5, 5.41) is 48.1.